The van der Waals surface area contributed by atoms with Crippen LogP contribution < -0.4 is 10.5 Å². The van der Waals surface area contributed by atoms with Crippen LogP contribution in [0.25, 0.3) is 0 Å². The number of hydrogen-bond donors (Lipinski definition) is 1. The molecular weight excluding hydrogens is 524 g/mol. The van der Waals surface area contributed by atoms with Gasteiger partial charge in [-0.15, -0.1) is 0 Å². The van der Waals surface area contributed by atoms with Crippen molar-refractivity contribution < 1.29 is 14.3 Å². The maximum atomic E-state index is 14.8. The van der Waals surface area contributed by atoms with Gasteiger partial charge in [0, 0.05) is 49.9 Å². The minimum Gasteiger partial charge on any atom is -0.457 e. The largest absolute Gasteiger partial charge is 0.457 e. The predicted molar refractivity (Wildman–Crippen MR) is 166 cm³/mol. The van der Waals surface area contributed by atoms with Gasteiger partial charge in [0.15, 0.2) is 0 Å². The molecule has 2 N–H and O–H groups in total. The van der Waals surface area contributed by atoms with Gasteiger partial charge in [-0.25, -0.2) is 4.79 Å². The van der Waals surface area contributed by atoms with Gasteiger partial charge >= 0.3 is 6.03 Å². The average molecular weight is 571 g/mol. The second-order valence-corrected chi connectivity index (χ2v) is 12.6. The lowest BCUT2D eigenvalue weighted by atomic mass is 9.86. The molecule has 4 aliphatic rings. The summed E-state index contributed by atoms with van der Waals surface area (Å²) in [5.41, 5.74) is 9.25. The number of hydrogen-bond acceptors (Lipinski definition) is 5. The van der Waals surface area contributed by atoms with E-state index in [1.54, 1.807) is 10.5 Å². The van der Waals surface area contributed by atoms with Crippen LogP contribution in [0.5, 0.6) is 11.5 Å². The number of amides is 3. The summed E-state index contributed by atoms with van der Waals surface area (Å²) < 4.78 is 6.20. The molecule has 3 heterocycles. The van der Waals surface area contributed by atoms with Crippen LogP contribution in [-0.4, -0.2) is 71.9 Å². The molecule has 224 valence electrons. The van der Waals surface area contributed by atoms with Crippen molar-refractivity contribution in [1.82, 2.24) is 14.7 Å². The number of nitrogens with two attached hydrogens (primary N) is 1. The summed E-state index contributed by atoms with van der Waals surface area (Å²) >= 11 is 0. The molecule has 2 saturated heterocycles. The van der Waals surface area contributed by atoms with Crippen molar-refractivity contribution in [2.45, 2.75) is 76.2 Å². The summed E-state index contributed by atoms with van der Waals surface area (Å²) in [7, 11) is 0. The van der Waals surface area contributed by atoms with Crippen molar-refractivity contribution in [3.63, 3.8) is 0 Å². The second-order valence-electron chi connectivity index (χ2n) is 12.6. The van der Waals surface area contributed by atoms with E-state index in [9.17, 15) is 9.59 Å². The van der Waals surface area contributed by atoms with E-state index in [-0.39, 0.29) is 23.9 Å². The predicted octanol–water partition coefficient (Wildman–Crippen LogP) is 6.29. The molecule has 7 nitrogen and oxygen atoms in total. The Kier molecular flexibility index (Phi) is 9.25. The van der Waals surface area contributed by atoms with Crippen LogP contribution in [0.1, 0.15) is 81.3 Å². The Morgan fingerprint density at radius 2 is 1.55 bits per heavy atom. The van der Waals surface area contributed by atoms with Crippen molar-refractivity contribution in [2.24, 2.45) is 11.7 Å². The third kappa shape index (κ3) is 6.28. The molecule has 7 heteroatoms. The fourth-order valence-corrected chi connectivity index (χ4v) is 7.35. The van der Waals surface area contributed by atoms with Gasteiger partial charge in [0.25, 0.3) is 0 Å². The molecule has 2 fully saturated rings. The number of piperidine rings is 2. The number of imide groups is 1. The van der Waals surface area contributed by atoms with Crippen molar-refractivity contribution in [3.8, 4) is 11.5 Å². The highest BCUT2D eigenvalue weighted by atomic mass is 16.5. The van der Waals surface area contributed by atoms with Crippen LogP contribution in [0.3, 0.4) is 0 Å². The standard InChI is InChI=1S/C35H46N4O3/c36-23-27-13-10-20-38(25-27)35(41)39(28-18-21-37(22-19-28)24-26-11-4-2-1-3-5-12-26)34(40)33-29-14-6-8-16-31(29)42-32-17-9-7-15-30(32)33/h6-9,11,14-17,27-28,33H,1-5,10,12-13,18-25,36H2/b26-11+. The monoisotopic (exact) mass is 570 g/mol. The minimum absolute atomic E-state index is 0.131. The zero-order chi connectivity index (χ0) is 28.9. The summed E-state index contributed by atoms with van der Waals surface area (Å²) in [6.45, 7) is 4.66. The highest BCUT2D eigenvalue weighted by molar-refractivity contribution is 6.01. The number of fused-ring (bicyclic) bond motifs is 2. The number of carbonyl (C=O) groups is 2. The van der Waals surface area contributed by atoms with Gasteiger partial charge in [-0.3, -0.25) is 14.6 Å². The maximum absolute atomic E-state index is 14.8. The minimum atomic E-state index is -0.580. The highest BCUT2D eigenvalue weighted by Crippen LogP contribution is 2.45. The number of nitrogens with zero attached hydrogens (tertiary/aromatic N) is 3. The van der Waals surface area contributed by atoms with Gasteiger partial charge in [0.05, 0.1) is 5.92 Å². The van der Waals surface area contributed by atoms with E-state index in [0.717, 1.165) is 56.4 Å². The molecule has 6 rings (SSSR count). The van der Waals surface area contributed by atoms with Crippen LogP contribution in [0.2, 0.25) is 0 Å². The third-order valence-electron chi connectivity index (χ3n) is 9.73. The fourth-order valence-electron chi connectivity index (χ4n) is 7.35. The second kappa shape index (κ2) is 13.4. The van der Waals surface area contributed by atoms with Gasteiger partial charge < -0.3 is 15.4 Å². The SMILES string of the molecule is NCC1CCCN(C(=O)N(C(=O)C2c3ccccc3Oc3ccccc32)C2CCN(C/C3=C/CCCCCC3)CC2)C1. The Hall–Kier alpha value is -3.16. The topological polar surface area (TPSA) is 79.1 Å². The number of para-hydroxylation sites is 2. The van der Waals surface area contributed by atoms with Gasteiger partial charge in [-0.05, 0) is 76.0 Å². The Bertz CT molecular complexity index is 1240. The number of urea groups is 1. The van der Waals surface area contributed by atoms with E-state index in [1.165, 1.54) is 38.5 Å². The lowest BCUT2D eigenvalue weighted by molar-refractivity contribution is -0.132. The normalized spacial score (nSPS) is 23.4. The van der Waals surface area contributed by atoms with Crippen LogP contribution >= 0.6 is 0 Å². The molecule has 3 aliphatic heterocycles. The van der Waals surface area contributed by atoms with E-state index in [0.29, 0.717) is 31.1 Å². The molecule has 0 aromatic heterocycles. The number of likely N-dealkylation sites (tertiary alicyclic amines) is 2. The zero-order valence-electron chi connectivity index (χ0n) is 24.9. The van der Waals surface area contributed by atoms with Crippen molar-refractivity contribution >= 4 is 11.9 Å². The number of allylic oxidation sites excluding steroid dienone is 1. The maximum Gasteiger partial charge on any atom is 0.326 e. The van der Waals surface area contributed by atoms with Gasteiger partial charge in [0.1, 0.15) is 11.5 Å². The van der Waals surface area contributed by atoms with E-state index in [1.807, 2.05) is 53.4 Å². The third-order valence-corrected chi connectivity index (χ3v) is 9.73. The van der Waals surface area contributed by atoms with Crippen molar-refractivity contribution in [2.75, 3.05) is 39.3 Å². The molecule has 2 aromatic rings. The van der Waals surface area contributed by atoms with Crippen LogP contribution in [0, 0.1) is 5.92 Å². The first-order chi connectivity index (χ1) is 20.6. The molecule has 1 unspecified atom stereocenters. The number of carbonyl (C=O) groups excluding carboxylic acids is 2. The molecule has 0 spiro atoms. The lowest BCUT2D eigenvalue weighted by Crippen LogP contribution is -2.57. The number of benzene rings is 2. The first-order valence-corrected chi connectivity index (χ1v) is 16.2. The summed E-state index contributed by atoms with van der Waals surface area (Å²) in [5.74, 6) is 0.932. The molecular formula is C35H46N4O3. The molecule has 3 amide bonds. The molecule has 1 aliphatic carbocycles. The Morgan fingerprint density at radius 3 is 2.26 bits per heavy atom. The Labute approximate surface area is 250 Å². The smallest absolute Gasteiger partial charge is 0.326 e. The molecule has 2 aromatic carbocycles. The first-order valence-electron chi connectivity index (χ1n) is 16.2. The lowest BCUT2D eigenvalue weighted by Gasteiger charge is -2.43. The van der Waals surface area contributed by atoms with E-state index in [2.05, 4.69) is 11.0 Å². The Morgan fingerprint density at radius 1 is 0.857 bits per heavy atom. The quantitative estimate of drug-likeness (QED) is 0.428. The van der Waals surface area contributed by atoms with Crippen molar-refractivity contribution in [3.05, 3.63) is 71.3 Å². The Balaban J connectivity index is 1.26. The molecule has 0 saturated carbocycles. The number of rotatable bonds is 5. The van der Waals surface area contributed by atoms with E-state index in [4.69, 9.17) is 10.5 Å². The van der Waals surface area contributed by atoms with E-state index >= 15 is 0 Å². The fraction of sp³-hybridized carbons (Fsp3) is 0.543. The van der Waals surface area contributed by atoms with E-state index < -0.39 is 5.92 Å². The van der Waals surface area contributed by atoms with Gasteiger partial charge in [0.2, 0.25) is 5.91 Å². The summed E-state index contributed by atoms with van der Waals surface area (Å²) in [5, 5.41) is 0. The average Bonchev–Trinajstić information content (AvgIpc) is 3.01. The first kappa shape index (κ1) is 28.9. The van der Waals surface area contributed by atoms with Gasteiger partial charge in [-0.2, -0.15) is 0 Å². The van der Waals surface area contributed by atoms with Crippen LogP contribution in [0.4, 0.5) is 4.79 Å². The summed E-state index contributed by atoms with van der Waals surface area (Å²) in [6.07, 6.45) is 13.7. The number of ether oxygens (including phenoxy) is 1. The molecule has 0 radical (unpaired) electrons. The van der Waals surface area contributed by atoms with Crippen molar-refractivity contribution in [1.29, 1.82) is 0 Å². The van der Waals surface area contributed by atoms with Crippen LogP contribution in [-0.2, 0) is 4.79 Å². The zero-order valence-corrected chi connectivity index (χ0v) is 24.9. The summed E-state index contributed by atoms with van der Waals surface area (Å²) in [6, 6.07) is 15.2. The molecule has 0 bridgehead atoms. The summed E-state index contributed by atoms with van der Waals surface area (Å²) in [4.78, 5) is 35.2. The molecule has 1 atom stereocenters. The molecule has 42 heavy (non-hydrogen) atoms. The highest BCUT2D eigenvalue weighted by Gasteiger charge is 2.43. The van der Waals surface area contributed by atoms with Crippen LogP contribution in [0.15, 0.2) is 60.2 Å². The van der Waals surface area contributed by atoms with Gasteiger partial charge in [-0.1, -0.05) is 60.9 Å².